The summed E-state index contributed by atoms with van der Waals surface area (Å²) in [6.07, 6.45) is 13.1. The van der Waals surface area contributed by atoms with Crippen molar-refractivity contribution in [2.45, 2.75) is 77.6 Å². The fraction of sp³-hybridized carbons (Fsp3) is 0.889. The molecule has 0 radical (unpaired) electrons. The summed E-state index contributed by atoms with van der Waals surface area (Å²) < 4.78 is 0.263. The zero-order valence-electron chi connectivity index (χ0n) is 15.4. The minimum Gasteiger partial charge on any atom is -0.477 e. The summed E-state index contributed by atoms with van der Waals surface area (Å²) in [4.78, 5) is 22.4. The molecule has 23 heavy (non-hydrogen) atoms. The van der Waals surface area contributed by atoms with Crippen molar-refractivity contribution < 1.29 is 19.2 Å². The summed E-state index contributed by atoms with van der Waals surface area (Å²) >= 11 is 0. The van der Waals surface area contributed by atoms with Crippen LogP contribution in [-0.4, -0.2) is 48.8 Å². The van der Waals surface area contributed by atoms with Gasteiger partial charge in [-0.2, -0.15) is 0 Å². The van der Waals surface area contributed by atoms with Gasteiger partial charge >= 0.3 is 5.97 Å². The maximum atomic E-state index is 11.7. The Balaban J connectivity index is 3.45. The van der Waals surface area contributed by atoms with Gasteiger partial charge in [0.1, 0.15) is 0 Å². The third-order valence-electron chi connectivity index (χ3n) is 4.02. The molecule has 5 heteroatoms. The van der Waals surface area contributed by atoms with Crippen LogP contribution in [0.1, 0.15) is 77.6 Å². The molecule has 0 aliphatic carbocycles. The van der Waals surface area contributed by atoms with Crippen LogP contribution in [0, 0.1) is 0 Å². The second-order valence-corrected chi connectivity index (χ2v) is 7.18. The number of unbranched alkanes of at least 4 members (excludes halogenated alkanes) is 9. The van der Waals surface area contributed by atoms with Crippen LogP contribution in [0.15, 0.2) is 0 Å². The highest BCUT2D eigenvalue weighted by Crippen LogP contribution is 2.11. The van der Waals surface area contributed by atoms with Crippen molar-refractivity contribution in [3.05, 3.63) is 0 Å². The van der Waals surface area contributed by atoms with Crippen molar-refractivity contribution in [1.82, 2.24) is 5.32 Å². The molecule has 0 aliphatic heterocycles. The quantitative estimate of drug-likeness (QED) is 0.274. The number of rotatable bonds is 15. The van der Waals surface area contributed by atoms with E-state index in [-0.39, 0.29) is 16.9 Å². The zero-order valence-corrected chi connectivity index (χ0v) is 15.4. The summed E-state index contributed by atoms with van der Waals surface area (Å²) in [6, 6.07) is 0. The number of aliphatic carboxylic acids is 1. The zero-order chi connectivity index (χ0) is 17.6. The minimum atomic E-state index is -0.848. The lowest BCUT2D eigenvalue weighted by Crippen LogP contribution is -2.50. The Hall–Kier alpha value is -1.10. The van der Waals surface area contributed by atoms with Gasteiger partial charge in [0.2, 0.25) is 5.91 Å². The molecule has 0 heterocycles. The van der Waals surface area contributed by atoms with Gasteiger partial charge in [0.05, 0.1) is 14.1 Å². The Morgan fingerprint density at radius 2 is 1.35 bits per heavy atom. The topological polar surface area (TPSA) is 66.4 Å². The molecule has 0 bridgehead atoms. The van der Waals surface area contributed by atoms with Gasteiger partial charge in [0.25, 0.3) is 0 Å². The molecule has 0 saturated carbocycles. The third-order valence-corrected chi connectivity index (χ3v) is 4.02. The van der Waals surface area contributed by atoms with Crippen LogP contribution in [-0.2, 0) is 9.59 Å². The van der Waals surface area contributed by atoms with E-state index in [9.17, 15) is 9.59 Å². The standard InChI is InChI=1S/C18H36N2O3/c1-4-5-6-7-8-9-10-11-12-13-14-17(21)19-16-20(2,3)15-18(22)23/h4-16H2,1-3H3,(H-,19,21,22,23)/p+1. The molecule has 0 fully saturated rings. The number of amides is 1. The largest absolute Gasteiger partial charge is 0.477 e. The number of nitrogens with one attached hydrogen (secondary N) is 1. The van der Waals surface area contributed by atoms with Gasteiger partial charge in [-0.25, -0.2) is 4.79 Å². The summed E-state index contributed by atoms with van der Waals surface area (Å²) in [5.74, 6) is -0.819. The molecule has 2 N–H and O–H groups in total. The van der Waals surface area contributed by atoms with Gasteiger partial charge in [0.15, 0.2) is 13.2 Å². The van der Waals surface area contributed by atoms with Crippen LogP contribution in [0.2, 0.25) is 0 Å². The van der Waals surface area contributed by atoms with E-state index in [4.69, 9.17) is 5.11 Å². The highest BCUT2D eigenvalue weighted by atomic mass is 16.4. The van der Waals surface area contributed by atoms with E-state index >= 15 is 0 Å². The van der Waals surface area contributed by atoms with Crippen LogP contribution in [0.4, 0.5) is 0 Å². The Labute approximate surface area is 142 Å². The fourth-order valence-corrected chi connectivity index (χ4v) is 2.59. The van der Waals surface area contributed by atoms with Crippen LogP contribution in [0.5, 0.6) is 0 Å². The predicted octanol–water partition coefficient (Wildman–Crippen LogP) is 3.53. The number of hydrogen-bond acceptors (Lipinski definition) is 2. The highest BCUT2D eigenvalue weighted by Gasteiger charge is 2.19. The maximum absolute atomic E-state index is 11.7. The lowest BCUT2D eigenvalue weighted by molar-refractivity contribution is -0.884. The van der Waals surface area contributed by atoms with E-state index < -0.39 is 5.97 Å². The fourth-order valence-electron chi connectivity index (χ4n) is 2.59. The third kappa shape index (κ3) is 15.6. The van der Waals surface area contributed by atoms with Gasteiger partial charge in [-0.1, -0.05) is 64.7 Å². The molecule has 0 spiro atoms. The Morgan fingerprint density at radius 1 is 0.870 bits per heavy atom. The van der Waals surface area contributed by atoms with Crippen LogP contribution < -0.4 is 5.32 Å². The number of hydrogen-bond donors (Lipinski definition) is 2. The first-order chi connectivity index (χ1) is 10.9. The van der Waals surface area contributed by atoms with E-state index in [1.807, 2.05) is 0 Å². The minimum absolute atomic E-state index is 0.0124. The first-order valence-corrected chi connectivity index (χ1v) is 9.18. The molecule has 0 unspecified atom stereocenters. The molecule has 0 aromatic rings. The number of carbonyl (C=O) groups is 2. The molecule has 0 rings (SSSR count). The van der Waals surface area contributed by atoms with Crippen molar-refractivity contribution in [2.24, 2.45) is 0 Å². The number of carboxylic acids is 1. The Morgan fingerprint density at radius 3 is 1.83 bits per heavy atom. The molecule has 0 aromatic heterocycles. The monoisotopic (exact) mass is 329 g/mol. The number of nitrogens with zero attached hydrogens (tertiary/aromatic N) is 1. The van der Waals surface area contributed by atoms with Gasteiger partial charge in [-0.15, -0.1) is 0 Å². The van der Waals surface area contributed by atoms with Crippen molar-refractivity contribution >= 4 is 11.9 Å². The molecule has 0 atom stereocenters. The van der Waals surface area contributed by atoms with Gasteiger partial charge in [0, 0.05) is 6.42 Å². The van der Waals surface area contributed by atoms with E-state index in [0.717, 1.165) is 12.8 Å². The Kier molecular flexibility index (Phi) is 12.7. The molecule has 0 aliphatic rings. The molecule has 0 saturated heterocycles. The summed E-state index contributed by atoms with van der Waals surface area (Å²) in [6.45, 7) is 2.61. The summed E-state index contributed by atoms with van der Waals surface area (Å²) in [5.41, 5.74) is 0. The van der Waals surface area contributed by atoms with E-state index in [0.29, 0.717) is 13.1 Å². The SMILES string of the molecule is CCCCCCCCCCCCC(=O)NC[N+](C)(C)CC(=O)O. The van der Waals surface area contributed by atoms with E-state index in [1.165, 1.54) is 51.4 Å². The lowest BCUT2D eigenvalue weighted by atomic mass is 10.1. The number of likely N-dealkylation sites (N-methyl/N-ethyl adjacent to an activating group) is 1. The van der Waals surface area contributed by atoms with Crippen molar-refractivity contribution in [2.75, 3.05) is 27.3 Å². The molecule has 5 nitrogen and oxygen atoms in total. The highest BCUT2D eigenvalue weighted by molar-refractivity contribution is 5.75. The van der Waals surface area contributed by atoms with E-state index in [2.05, 4.69) is 12.2 Å². The summed E-state index contributed by atoms with van der Waals surface area (Å²) in [7, 11) is 3.60. The first-order valence-electron chi connectivity index (χ1n) is 9.18. The Bertz CT molecular complexity index is 330. The van der Waals surface area contributed by atoms with Crippen molar-refractivity contribution in [1.29, 1.82) is 0 Å². The second kappa shape index (κ2) is 13.3. The second-order valence-electron chi connectivity index (χ2n) is 7.18. The van der Waals surface area contributed by atoms with Crippen LogP contribution >= 0.6 is 0 Å². The molecule has 136 valence electrons. The van der Waals surface area contributed by atoms with Crippen LogP contribution in [0.25, 0.3) is 0 Å². The maximum Gasteiger partial charge on any atom is 0.359 e. The summed E-state index contributed by atoms with van der Waals surface area (Å²) in [5, 5.41) is 11.6. The smallest absolute Gasteiger partial charge is 0.359 e. The van der Waals surface area contributed by atoms with E-state index in [1.54, 1.807) is 14.1 Å². The van der Waals surface area contributed by atoms with Gasteiger partial charge < -0.3 is 14.9 Å². The van der Waals surface area contributed by atoms with Gasteiger partial charge in [-0.3, -0.25) is 4.79 Å². The average Bonchev–Trinajstić information content (AvgIpc) is 2.46. The molecular formula is C18H37N2O3+. The number of carbonyl (C=O) groups excluding carboxylic acids is 1. The predicted molar refractivity (Wildman–Crippen MR) is 94.1 cm³/mol. The molecule has 1 amide bonds. The van der Waals surface area contributed by atoms with Crippen molar-refractivity contribution in [3.8, 4) is 0 Å². The van der Waals surface area contributed by atoms with Crippen molar-refractivity contribution in [3.63, 3.8) is 0 Å². The average molecular weight is 330 g/mol. The number of quaternary nitrogens is 1. The first kappa shape index (κ1) is 21.9. The normalized spacial score (nSPS) is 11.4. The molecule has 0 aromatic carbocycles. The molecular weight excluding hydrogens is 292 g/mol. The lowest BCUT2D eigenvalue weighted by Gasteiger charge is -2.27. The van der Waals surface area contributed by atoms with Crippen LogP contribution in [0.3, 0.4) is 0 Å². The van der Waals surface area contributed by atoms with Gasteiger partial charge in [-0.05, 0) is 6.42 Å². The number of carboxylic acid groups (broad SMARTS) is 1.